The van der Waals surface area contributed by atoms with Crippen molar-refractivity contribution in [2.45, 2.75) is 19.3 Å². The van der Waals surface area contributed by atoms with Crippen LogP contribution in [0.3, 0.4) is 0 Å². The minimum absolute atomic E-state index is 0.0178. The highest BCUT2D eigenvalue weighted by molar-refractivity contribution is 7.89. The first-order valence-corrected chi connectivity index (χ1v) is 11.7. The highest BCUT2D eigenvalue weighted by atomic mass is 32.2. The van der Waals surface area contributed by atoms with Gasteiger partial charge in [0.15, 0.2) is 0 Å². The van der Waals surface area contributed by atoms with Crippen LogP contribution in [0.2, 0.25) is 0 Å². The number of amides is 1. The van der Waals surface area contributed by atoms with Crippen LogP contribution in [0.1, 0.15) is 28.8 Å². The molecule has 1 heterocycles. The molecule has 1 aliphatic rings. The van der Waals surface area contributed by atoms with Crippen molar-refractivity contribution < 1.29 is 22.3 Å². The molecule has 0 atom stereocenters. The summed E-state index contributed by atoms with van der Waals surface area (Å²) in [7, 11) is -1.80. The number of piperidine rings is 1. The number of carbonyl (C=O) groups is 1. The molecule has 1 aliphatic heterocycles. The summed E-state index contributed by atoms with van der Waals surface area (Å²) in [5, 5.41) is 0. The molecular formula is C22H27FN2O4S. The number of nitrogens with zero attached hydrogens (tertiary/aromatic N) is 1. The Morgan fingerprint density at radius 2 is 1.80 bits per heavy atom. The van der Waals surface area contributed by atoms with Gasteiger partial charge in [0, 0.05) is 19.6 Å². The Morgan fingerprint density at radius 3 is 2.43 bits per heavy atom. The molecule has 30 heavy (non-hydrogen) atoms. The van der Waals surface area contributed by atoms with E-state index >= 15 is 0 Å². The Bertz CT molecular complexity index is 955. The zero-order valence-electron chi connectivity index (χ0n) is 17.0. The number of ether oxygens (including phenoxy) is 1. The van der Waals surface area contributed by atoms with Crippen molar-refractivity contribution in [3.05, 3.63) is 65.5 Å². The Kier molecular flexibility index (Phi) is 7.44. The summed E-state index contributed by atoms with van der Waals surface area (Å²) in [6, 6.07) is 13.3. The highest BCUT2D eigenvalue weighted by Gasteiger charge is 2.26. The molecule has 0 aromatic heterocycles. The van der Waals surface area contributed by atoms with Crippen molar-refractivity contribution in [3.8, 4) is 5.75 Å². The van der Waals surface area contributed by atoms with Crippen molar-refractivity contribution in [2.24, 2.45) is 5.92 Å². The van der Waals surface area contributed by atoms with Crippen LogP contribution in [0.4, 0.5) is 4.39 Å². The zero-order valence-corrected chi connectivity index (χ0v) is 17.8. The van der Waals surface area contributed by atoms with E-state index in [9.17, 15) is 17.6 Å². The van der Waals surface area contributed by atoms with E-state index in [-0.39, 0.29) is 23.1 Å². The van der Waals surface area contributed by atoms with Crippen LogP contribution >= 0.6 is 0 Å². The van der Waals surface area contributed by atoms with Crippen LogP contribution < -0.4 is 9.46 Å². The van der Waals surface area contributed by atoms with E-state index in [1.165, 1.54) is 12.1 Å². The number of methoxy groups -OCH3 is 1. The third-order valence-electron chi connectivity index (χ3n) is 5.42. The number of hydrogen-bond acceptors (Lipinski definition) is 4. The van der Waals surface area contributed by atoms with Gasteiger partial charge in [0.05, 0.1) is 18.4 Å². The third-order valence-corrected chi connectivity index (χ3v) is 6.76. The highest BCUT2D eigenvalue weighted by Crippen LogP contribution is 2.20. The lowest BCUT2D eigenvalue weighted by Gasteiger charge is -2.32. The number of sulfonamides is 1. The lowest BCUT2D eigenvalue weighted by Crippen LogP contribution is -2.42. The van der Waals surface area contributed by atoms with Crippen molar-refractivity contribution >= 4 is 15.9 Å². The molecule has 2 aromatic carbocycles. The van der Waals surface area contributed by atoms with Crippen molar-refractivity contribution in [2.75, 3.05) is 32.5 Å². The van der Waals surface area contributed by atoms with E-state index in [1.54, 1.807) is 24.1 Å². The zero-order chi connectivity index (χ0) is 21.6. The molecule has 1 saturated heterocycles. The maximum Gasteiger partial charge on any atom is 0.256 e. The lowest BCUT2D eigenvalue weighted by molar-refractivity contribution is 0.0687. The summed E-state index contributed by atoms with van der Waals surface area (Å²) >= 11 is 0. The largest absolute Gasteiger partial charge is 0.497 e. The molecule has 162 valence electrons. The van der Waals surface area contributed by atoms with Crippen molar-refractivity contribution in [1.29, 1.82) is 0 Å². The summed E-state index contributed by atoms with van der Waals surface area (Å²) < 4.78 is 46.3. The first kappa shape index (κ1) is 22.2. The van der Waals surface area contributed by atoms with Crippen LogP contribution in [0.15, 0.2) is 48.5 Å². The summed E-state index contributed by atoms with van der Waals surface area (Å²) in [6.07, 6.45) is 1.79. The molecule has 0 spiro atoms. The molecule has 3 rings (SSSR count). The summed E-state index contributed by atoms with van der Waals surface area (Å²) in [5.41, 5.74) is 1.01. The Hall–Kier alpha value is -2.45. The van der Waals surface area contributed by atoms with Gasteiger partial charge in [0.25, 0.3) is 5.91 Å². The molecule has 0 aliphatic carbocycles. The number of likely N-dealkylation sites (tertiary alicyclic amines) is 1. The van der Waals surface area contributed by atoms with Crippen LogP contribution in [-0.4, -0.2) is 51.7 Å². The van der Waals surface area contributed by atoms with Crippen LogP contribution in [0.5, 0.6) is 5.75 Å². The van der Waals surface area contributed by atoms with Crippen molar-refractivity contribution in [3.63, 3.8) is 0 Å². The SMILES string of the molecule is COc1ccc(CCS(=O)(=O)NCC2CCN(C(=O)c3ccccc3F)CC2)cc1. The fraction of sp³-hybridized carbons (Fsp3) is 0.409. The van der Waals surface area contributed by atoms with Crippen LogP contribution in [0, 0.1) is 11.7 Å². The van der Waals surface area contributed by atoms with Gasteiger partial charge in [0.1, 0.15) is 11.6 Å². The second kappa shape index (κ2) is 10.0. The van der Waals surface area contributed by atoms with E-state index in [2.05, 4.69) is 4.72 Å². The molecule has 1 fully saturated rings. The predicted molar refractivity (Wildman–Crippen MR) is 114 cm³/mol. The van der Waals surface area contributed by atoms with Gasteiger partial charge >= 0.3 is 0 Å². The number of halogens is 1. The molecule has 6 nitrogen and oxygen atoms in total. The first-order valence-electron chi connectivity index (χ1n) is 10.0. The molecule has 2 aromatic rings. The number of rotatable bonds is 8. The molecule has 0 saturated carbocycles. The second-order valence-electron chi connectivity index (χ2n) is 7.48. The average Bonchev–Trinajstić information content (AvgIpc) is 2.77. The van der Waals surface area contributed by atoms with E-state index in [4.69, 9.17) is 4.74 Å². The molecule has 0 radical (unpaired) electrons. The standard InChI is InChI=1S/C22H27FN2O4S/c1-29-19-8-6-17(7-9-19)12-15-30(27,28)24-16-18-10-13-25(14-11-18)22(26)20-4-2-3-5-21(20)23/h2-9,18,24H,10-16H2,1H3. The number of aryl methyl sites for hydroxylation is 1. The molecule has 1 amide bonds. The van der Waals surface area contributed by atoms with Gasteiger partial charge in [-0.2, -0.15) is 0 Å². The Labute approximate surface area is 177 Å². The van der Waals surface area contributed by atoms with Gasteiger partial charge in [-0.25, -0.2) is 17.5 Å². The molecule has 8 heteroatoms. The van der Waals surface area contributed by atoms with Crippen molar-refractivity contribution in [1.82, 2.24) is 9.62 Å². The predicted octanol–water partition coefficient (Wildman–Crippen LogP) is 2.85. The quantitative estimate of drug-likeness (QED) is 0.693. The average molecular weight is 435 g/mol. The molecule has 1 N–H and O–H groups in total. The Balaban J connectivity index is 1.43. The lowest BCUT2D eigenvalue weighted by atomic mass is 9.96. The van der Waals surface area contributed by atoms with Gasteiger partial charge in [-0.05, 0) is 55.0 Å². The second-order valence-corrected chi connectivity index (χ2v) is 9.41. The van der Waals surface area contributed by atoms with E-state index in [0.717, 1.165) is 11.3 Å². The van der Waals surface area contributed by atoms with E-state index in [1.807, 2.05) is 24.3 Å². The maximum atomic E-state index is 13.8. The summed E-state index contributed by atoms with van der Waals surface area (Å²) in [4.78, 5) is 14.1. The molecule has 0 unspecified atom stereocenters. The van der Waals surface area contributed by atoms with Crippen LogP contribution in [-0.2, 0) is 16.4 Å². The summed E-state index contributed by atoms with van der Waals surface area (Å²) in [5.74, 6) is 0.0788. The fourth-order valence-electron chi connectivity index (χ4n) is 3.51. The minimum atomic E-state index is -3.38. The maximum absolute atomic E-state index is 13.8. The van der Waals surface area contributed by atoms with Gasteiger partial charge in [-0.15, -0.1) is 0 Å². The van der Waals surface area contributed by atoms with E-state index < -0.39 is 15.8 Å². The first-order chi connectivity index (χ1) is 14.4. The van der Waals surface area contributed by atoms with Gasteiger partial charge in [-0.1, -0.05) is 24.3 Å². The topological polar surface area (TPSA) is 75.7 Å². The molecule has 0 bridgehead atoms. The van der Waals surface area contributed by atoms with E-state index in [0.29, 0.717) is 38.9 Å². The summed E-state index contributed by atoms with van der Waals surface area (Å²) in [6.45, 7) is 1.34. The third kappa shape index (κ3) is 6.03. The van der Waals surface area contributed by atoms with Gasteiger partial charge in [-0.3, -0.25) is 4.79 Å². The van der Waals surface area contributed by atoms with Crippen LogP contribution in [0.25, 0.3) is 0 Å². The number of carbonyl (C=O) groups excluding carboxylic acids is 1. The smallest absolute Gasteiger partial charge is 0.256 e. The number of hydrogen-bond donors (Lipinski definition) is 1. The fourth-order valence-corrected chi connectivity index (χ4v) is 4.64. The number of benzene rings is 2. The normalized spacial score (nSPS) is 15.2. The van der Waals surface area contributed by atoms with Gasteiger partial charge < -0.3 is 9.64 Å². The Morgan fingerprint density at radius 1 is 1.13 bits per heavy atom. The monoisotopic (exact) mass is 434 g/mol. The number of nitrogens with one attached hydrogen (secondary N) is 1. The minimum Gasteiger partial charge on any atom is -0.497 e. The van der Waals surface area contributed by atoms with Gasteiger partial charge in [0.2, 0.25) is 10.0 Å². The molecular weight excluding hydrogens is 407 g/mol.